The molecule has 0 spiro atoms. The van der Waals surface area contributed by atoms with E-state index in [9.17, 15) is 4.79 Å². The van der Waals surface area contributed by atoms with E-state index in [0.717, 1.165) is 0 Å². The average molecular weight is 266 g/mol. The number of esters is 1. The Balaban J connectivity index is 0.000000982. The average Bonchev–Trinajstić information content (AvgIpc) is 2.37. The molecule has 0 saturated carbocycles. The Morgan fingerprint density at radius 2 is 1.74 bits per heavy atom. The van der Waals surface area contributed by atoms with Gasteiger partial charge in [-0.1, -0.05) is 26.8 Å². The number of ether oxygens (including phenoxy) is 2. The predicted molar refractivity (Wildman–Crippen MR) is 75.3 cm³/mol. The molecule has 0 unspecified atom stereocenters. The van der Waals surface area contributed by atoms with Gasteiger partial charge in [0.15, 0.2) is 0 Å². The fraction of sp³-hybridized carbons (Fsp3) is 0.400. The zero-order valence-electron chi connectivity index (χ0n) is 11.8. The van der Waals surface area contributed by atoms with Crippen molar-refractivity contribution in [3.05, 3.63) is 36.4 Å². The normalized spacial score (nSPS) is 9.00. The first-order valence-electron chi connectivity index (χ1n) is 6.25. The van der Waals surface area contributed by atoms with Crippen LogP contribution >= 0.6 is 0 Å². The molecule has 0 aliphatic heterocycles. The lowest BCUT2D eigenvalue weighted by Gasteiger charge is -2.07. The second-order valence-electron chi connectivity index (χ2n) is 3.97. The summed E-state index contributed by atoms with van der Waals surface area (Å²) in [6.45, 7) is 9.74. The first-order chi connectivity index (χ1) is 9.01. The molecule has 4 nitrogen and oxygen atoms in total. The molecule has 0 aliphatic carbocycles. The number of aromatic hydroxyl groups is 1. The molecular formula is C15H22O4. The SMILES string of the molecule is C=C(C)C(=O)OCCOc1ccc(O)cc1.CCC. The van der Waals surface area contributed by atoms with Crippen LogP contribution in [0.2, 0.25) is 0 Å². The number of phenolic OH excluding ortho intramolecular Hbond substituents is 1. The number of hydrogen-bond donors (Lipinski definition) is 1. The Bertz CT molecular complexity index is 382. The summed E-state index contributed by atoms with van der Waals surface area (Å²) >= 11 is 0. The summed E-state index contributed by atoms with van der Waals surface area (Å²) in [6, 6.07) is 6.32. The van der Waals surface area contributed by atoms with Crippen LogP contribution < -0.4 is 4.74 Å². The molecule has 106 valence electrons. The zero-order valence-corrected chi connectivity index (χ0v) is 11.8. The molecule has 1 N–H and O–H groups in total. The van der Waals surface area contributed by atoms with E-state index >= 15 is 0 Å². The maximum absolute atomic E-state index is 11.0. The van der Waals surface area contributed by atoms with Crippen molar-refractivity contribution in [3.8, 4) is 11.5 Å². The molecule has 1 rings (SSSR count). The van der Waals surface area contributed by atoms with Gasteiger partial charge in [0.2, 0.25) is 0 Å². The van der Waals surface area contributed by atoms with Gasteiger partial charge in [-0.25, -0.2) is 4.79 Å². The van der Waals surface area contributed by atoms with Gasteiger partial charge in [-0.3, -0.25) is 0 Å². The van der Waals surface area contributed by atoms with Crippen molar-refractivity contribution in [1.29, 1.82) is 0 Å². The minimum absolute atomic E-state index is 0.173. The van der Waals surface area contributed by atoms with Crippen LogP contribution in [0.25, 0.3) is 0 Å². The van der Waals surface area contributed by atoms with Gasteiger partial charge in [0.05, 0.1) is 0 Å². The molecule has 19 heavy (non-hydrogen) atoms. The number of phenols is 1. The molecule has 0 bridgehead atoms. The lowest BCUT2D eigenvalue weighted by atomic mass is 10.3. The second kappa shape index (κ2) is 10.00. The van der Waals surface area contributed by atoms with Crippen molar-refractivity contribution >= 4 is 5.97 Å². The van der Waals surface area contributed by atoms with Crippen molar-refractivity contribution in [1.82, 2.24) is 0 Å². The number of rotatable bonds is 5. The molecule has 0 radical (unpaired) electrons. The van der Waals surface area contributed by atoms with E-state index in [1.165, 1.54) is 18.6 Å². The van der Waals surface area contributed by atoms with Crippen LogP contribution in [0, 0.1) is 0 Å². The van der Waals surface area contributed by atoms with Crippen molar-refractivity contribution in [3.63, 3.8) is 0 Å². The van der Waals surface area contributed by atoms with E-state index in [4.69, 9.17) is 14.6 Å². The molecule has 0 amide bonds. The van der Waals surface area contributed by atoms with Crippen molar-refractivity contribution in [2.45, 2.75) is 27.2 Å². The molecule has 0 saturated heterocycles. The van der Waals surface area contributed by atoms with Crippen LogP contribution in [0.1, 0.15) is 27.2 Å². The molecule has 0 fully saturated rings. The van der Waals surface area contributed by atoms with Crippen LogP contribution in [0.5, 0.6) is 11.5 Å². The number of benzene rings is 1. The van der Waals surface area contributed by atoms with E-state index in [1.807, 2.05) is 0 Å². The van der Waals surface area contributed by atoms with Crippen LogP contribution in [0.15, 0.2) is 36.4 Å². The fourth-order valence-electron chi connectivity index (χ4n) is 0.959. The van der Waals surface area contributed by atoms with E-state index in [1.54, 1.807) is 19.1 Å². The third-order valence-corrected chi connectivity index (χ3v) is 1.77. The molecule has 1 aromatic carbocycles. The van der Waals surface area contributed by atoms with E-state index in [-0.39, 0.29) is 19.0 Å². The predicted octanol–water partition coefficient (Wildman–Crippen LogP) is 3.31. The Labute approximate surface area is 114 Å². The zero-order chi connectivity index (χ0) is 14.7. The largest absolute Gasteiger partial charge is 0.508 e. The molecule has 4 heteroatoms. The van der Waals surface area contributed by atoms with Gasteiger partial charge in [-0.2, -0.15) is 0 Å². The molecular weight excluding hydrogens is 244 g/mol. The lowest BCUT2D eigenvalue weighted by Crippen LogP contribution is -2.12. The maximum Gasteiger partial charge on any atom is 0.333 e. The smallest absolute Gasteiger partial charge is 0.333 e. The van der Waals surface area contributed by atoms with Crippen LogP contribution in [-0.2, 0) is 9.53 Å². The van der Waals surface area contributed by atoms with Gasteiger partial charge in [-0.05, 0) is 31.2 Å². The number of carbonyl (C=O) groups is 1. The number of hydrogen-bond acceptors (Lipinski definition) is 4. The molecule has 1 aromatic rings. The summed E-state index contributed by atoms with van der Waals surface area (Å²) in [5.41, 5.74) is 0.365. The van der Waals surface area contributed by atoms with Gasteiger partial charge in [0, 0.05) is 5.57 Å². The summed E-state index contributed by atoms with van der Waals surface area (Å²) in [6.07, 6.45) is 1.25. The Hall–Kier alpha value is -1.97. The van der Waals surface area contributed by atoms with Crippen LogP contribution in [0.3, 0.4) is 0 Å². The minimum atomic E-state index is -0.422. The quantitative estimate of drug-likeness (QED) is 0.504. The van der Waals surface area contributed by atoms with Crippen LogP contribution in [-0.4, -0.2) is 24.3 Å². The summed E-state index contributed by atoms with van der Waals surface area (Å²) in [5.74, 6) is 0.375. The maximum atomic E-state index is 11.0. The Morgan fingerprint density at radius 1 is 1.21 bits per heavy atom. The Morgan fingerprint density at radius 3 is 2.21 bits per heavy atom. The highest BCUT2D eigenvalue weighted by Crippen LogP contribution is 2.15. The second-order valence-corrected chi connectivity index (χ2v) is 3.97. The Kier molecular flexibility index (Phi) is 8.96. The molecule has 0 aromatic heterocycles. The standard InChI is InChI=1S/C12H14O4.C3H8/c1-9(2)12(14)16-8-7-15-11-5-3-10(13)4-6-11;1-3-2/h3-6,13H,1,7-8H2,2H3;3H2,1-2H3. The van der Waals surface area contributed by atoms with Crippen molar-refractivity contribution in [2.75, 3.05) is 13.2 Å². The van der Waals surface area contributed by atoms with Gasteiger partial charge in [0.1, 0.15) is 24.7 Å². The highest BCUT2D eigenvalue weighted by Gasteiger charge is 2.02. The number of carbonyl (C=O) groups excluding carboxylic acids is 1. The van der Waals surface area contributed by atoms with Gasteiger partial charge >= 0.3 is 5.97 Å². The molecule has 0 heterocycles. The minimum Gasteiger partial charge on any atom is -0.508 e. The first-order valence-corrected chi connectivity index (χ1v) is 6.25. The van der Waals surface area contributed by atoms with E-state index < -0.39 is 5.97 Å². The van der Waals surface area contributed by atoms with Crippen LogP contribution in [0.4, 0.5) is 0 Å². The molecule has 0 aliphatic rings. The van der Waals surface area contributed by atoms with Gasteiger partial charge in [-0.15, -0.1) is 0 Å². The summed E-state index contributed by atoms with van der Waals surface area (Å²) in [4.78, 5) is 11.0. The van der Waals surface area contributed by atoms with E-state index in [2.05, 4.69) is 20.4 Å². The third-order valence-electron chi connectivity index (χ3n) is 1.77. The summed E-state index contributed by atoms with van der Waals surface area (Å²) in [7, 11) is 0. The van der Waals surface area contributed by atoms with Gasteiger partial charge in [0.25, 0.3) is 0 Å². The highest BCUT2D eigenvalue weighted by atomic mass is 16.6. The fourth-order valence-corrected chi connectivity index (χ4v) is 0.959. The third kappa shape index (κ3) is 8.71. The molecule has 0 atom stereocenters. The van der Waals surface area contributed by atoms with Gasteiger partial charge < -0.3 is 14.6 Å². The first kappa shape index (κ1) is 17.0. The summed E-state index contributed by atoms with van der Waals surface area (Å²) < 4.78 is 10.1. The lowest BCUT2D eigenvalue weighted by molar-refractivity contribution is -0.139. The topological polar surface area (TPSA) is 55.8 Å². The van der Waals surface area contributed by atoms with Crippen molar-refractivity contribution < 1.29 is 19.4 Å². The highest BCUT2D eigenvalue weighted by molar-refractivity contribution is 5.86. The van der Waals surface area contributed by atoms with E-state index in [0.29, 0.717) is 11.3 Å². The monoisotopic (exact) mass is 266 g/mol. The summed E-state index contributed by atoms with van der Waals surface area (Å²) in [5, 5.41) is 9.03. The van der Waals surface area contributed by atoms with Crippen molar-refractivity contribution in [2.24, 2.45) is 0 Å².